The van der Waals surface area contributed by atoms with E-state index in [1.54, 1.807) is 24.5 Å². The van der Waals surface area contributed by atoms with Crippen molar-refractivity contribution in [3.05, 3.63) is 101 Å². The molecule has 37 heavy (non-hydrogen) atoms. The van der Waals surface area contributed by atoms with Gasteiger partial charge in [0, 0.05) is 11.8 Å². The van der Waals surface area contributed by atoms with E-state index >= 15 is 4.39 Å². The molecule has 0 fully saturated rings. The molecule has 0 radical (unpaired) electrons. The first kappa shape index (κ1) is 26.6. The number of unbranched alkanes of at least 4 members (excludes halogenated alkanes) is 3. The number of hydrogen-bond donors (Lipinski definition) is 0. The minimum atomic E-state index is -1.50. The molecule has 1 heterocycles. The first-order chi connectivity index (χ1) is 17.9. The van der Waals surface area contributed by atoms with E-state index in [1.165, 1.54) is 12.8 Å². The second-order valence-corrected chi connectivity index (χ2v) is 9.21. The molecular formula is C30H30F4N2O. The summed E-state index contributed by atoms with van der Waals surface area (Å²) in [7, 11) is 0. The molecule has 3 nitrogen and oxygen atoms in total. The Labute approximate surface area is 214 Å². The van der Waals surface area contributed by atoms with Crippen molar-refractivity contribution < 1.29 is 22.3 Å². The molecule has 0 spiro atoms. The van der Waals surface area contributed by atoms with Gasteiger partial charge in [0.2, 0.25) is 0 Å². The molecule has 0 atom stereocenters. The molecule has 0 bridgehead atoms. The monoisotopic (exact) mass is 510 g/mol. The molecule has 0 saturated heterocycles. The Hall–Kier alpha value is -3.48. The van der Waals surface area contributed by atoms with E-state index in [0.29, 0.717) is 42.0 Å². The van der Waals surface area contributed by atoms with Crippen LogP contribution >= 0.6 is 0 Å². The third-order valence-electron chi connectivity index (χ3n) is 6.41. The van der Waals surface area contributed by atoms with Gasteiger partial charge in [0.1, 0.15) is 11.6 Å². The van der Waals surface area contributed by atoms with Crippen LogP contribution < -0.4 is 4.74 Å². The fourth-order valence-electron chi connectivity index (χ4n) is 4.29. The Morgan fingerprint density at radius 2 is 1.43 bits per heavy atom. The fourth-order valence-corrected chi connectivity index (χ4v) is 4.29. The molecule has 0 aliphatic heterocycles. The second kappa shape index (κ2) is 12.7. The quantitative estimate of drug-likeness (QED) is 0.111. The highest BCUT2D eigenvalue weighted by molar-refractivity contribution is 5.84. The van der Waals surface area contributed by atoms with Gasteiger partial charge in [0.15, 0.2) is 23.2 Å². The Morgan fingerprint density at radius 1 is 0.703 bits per heavy atom. The standard InChI is InChI=1S/C30H30F4N2O/c1-2-3-4-5-14-37-24-18-35-28(36-19-24)13-8-20-7-12-25-23(15-20)11-10-22(29(25)33)9-6-21-16-26(31)30(34)27(32)17-21/h7,10-12,15-19H,2-6,8-9,13-14H2,1H3. The van der Waals surface area contributed by atoms with E-state index in [9.17, 15) is 13.2 Å². The molecule has 0 aliphatic carbocycles. The van der Waals surface area contributed by atoms with Crippen molar-refractivity contribution in [2.24, 2.45) is 0 Å². The third-order valence-corrected chi connectivity index (χ3v) is 6.41. The summed E-state index contributed by atoms with van der Waals surface area (Å²) in [6, 6.07) is 11.0. The topological polar surface area (TPSA) is 35.0 Å². The number of ether oxygens (including phenoxy) is 1. The van der Waals surface area contributed by atoms with Crippen LogP contribution in [-0.2, 0) is 25.7 Å². The molecule has 3 aromatic carbocycles. The summed E-state index contributed by atoms with van der Waals surface area (Å²) in [5.74, 6) is -2.95. The van der Waals surface area contributed by atoms with E-state index in [1.807, 2.05) is 18.2 Å². The highest BCUT2D eigenvalue weighted by atomic mass is 19.2. The van der Waals surface area contributed by atoms with Crippen LogP contribution in [0.1, 0.15) is 55.1 Å². The lowest BCUT2D eigenvalue weighted by Crippen LogP contribution is -2.02. The van der Waals surface area contributed by atoms with Crippen molar-refractivity contribution in [1.29, 1.82) is 0 Å². The Bertz CT molecular complexity index is 1320. The SMILES string of the molecule is CCCCCCOc1cnc(CCc2ccc3c(F)c(CCc4cc(F)c(F)c(F)c4)ccc3c2)nc1. The molecule has 1 aromatic heterocycles. The summed E-state index contributed by atoms with van der Waals surface area (Å²) >= 11 is 0. The van der Waals surface area contributed by atoms with E-state index in [0.717, 1.165) is 35.9 Å². The summed E-state index contributed by atoms with van der Waals surface area (Å²) in [5, 5.41) is 1.25. The average Bonchev–Trinajstić information content (AvgIpc) is 2.90. The molecule has 0 amide bonds. The molecule has 7 heteroatoms. The van der Waals surface area contributed by atoms with Crippen LogP contribution in [0.3, 0.4) is 0 Å². The van der Waals surface area contributed by atoms with Crippen LogP contribution in [0.5, 0.6) is 5.75 Å². The van der Waals surface area contributed by atoms with Crippen LogP contribution in [0.25, 0.3) is 10.8 Å². The zero-order valence-corrected chi connectivity index (χ0v) is 20.9. The maximum absolute atomic E-state index is 15.1. The van der Waals surface area contributed by atoms with Gasteiger partial charge in [-0.05, 0) is 59.9 Å². The predicted molar refractivity (Wildman–Crippen MR) is 137 cm³/mol. The summed E-state index contributed by atoms with van der Waals surface area (Å²) < 4.78 is 60.9. The van der Waals surface area contributed by atoms with Crippen molar-refractivity contribution in [2.75, 3.05) is 6.61 Å². The molecule has 4 rings (SSSR count). The number of fused-ring (bicyclic) bond motifs is 1. The van der Waals surface area contributed by atoms with Crippen molar-refractivity contribution in [3.63, 3.8) is 0 Å². The van der Waals surface area contributed by atoms with Gasteiger partial charge in [-0.25, -0.2) is 27.5 Å². The first-order valence-corrected chi connectivity index (χ1v) is 12.7. The predicted octanol–water partition coefficient (Wildman–Crippen LogP) is 7.72. The highest BCUT2D eigenvalue weighted by Crippen LogP contribution is 2.25. The van der Waals surface area contributed by atoms with E-state index < -0.39 is 17.5 Å². The van der Waals surface area contributed by atoms with E-state index in [4.69, 9.17) is 4.74 Å². The van der Waals surface area contributed by atoms with Crippen molar-refractivity contribution >= 4 is 10.8 Å². The molecule has 4 aromatic rings. The molecule has 0 saturated carbocycles. The fraction of sp³-hybridized carbons (Fsp3) is 0.333. The normalized spacial score (nSPS) is 11.3. The lowest BCUT2D eigenvalue weighted by Gasteiger charge is -2.09. The number of nitrogens with zero attached hydrogens (tertiary/aromatic N) is 2. The van der Waals surface area contributed by atoms with Gasteiger partial charge in [-0.1, -0.05) is 56.5 Å². The summed E-state index contributed by atoms with van der Waals surface area (Å²) in [6.45, 7) is 2.84. The zero-order chi connectivity index (χ0) is 26.2. The number of halogens is 4. The molecule has 0 unspecified atom stereocenters. The summed E-state index contributed by atoms with van der Waals surface area (Å²) in [5.41, 5.74) is 1.75. The number of rotatable bonds is 12. The van der Waals surface area contributed by atoms with Gasteiger partial charge in [-0.3, -0.25) is 0 Å². The largest absolute Gasteiger partial charge is 0.490 e. The smallest absolute Gasteiger partial charge is 0.194 e. The number of aromatic nitrogens is 2. The van der Waals surface area contributed by atoms with Crippen molar-refractivity contribution in [2.45, 2.75) is 58.3 Å². The summed E-state index contributed by atoms with van der Waals surface area (Å²) in [6.07, 6.45) is 9.77. The molecule has 0 N–H and O–H groups in total. The van der Waals surface area contributed by atoms with Crippen LogP contribution in [0.15, 0.2) is 54.9 Å². The average molecular weight is 511 g/mol. The Balaban J connectivity index is 1.34. The minimum absolute atomic E-state index is 0.192. The second-order valence-electron chi connectivity index (χ2n) is 9.21. The van der Waals surface area contributed by atoms with Crippen LogP contribution in [-0.4, -0.2) is 16.6 Å². The Morgan fingerprint density at radius 3 is 2.16 bits per heavy atom. The minimum Gasteiger partial charge on any atom is -0.490 e. The van der Waals surface area contributed by atoms with E-state index in [-0.39, 0.29) is 24.2 Å². The van der Waals surface area contributed by atoms with Crippen molar-refractivity contribution in [3.8, 4) is 5.75 Å². The van der Waals surface area contributed by atoms with Crippen LogP contribution in [0.2, 0.25) is 0 Å². The van der Waals surface area contributed by atoms with Crippen molar-refractivity contribution in [1.82, 2.24) is 9.97 Å². The molecule has 0 aliphatic rings. The molecule has 194 valence electrons. The maximum atomic E-state index is 15.1. The molecular weight excluding hydrogens is 480 g/mol. The van der Waals surface area contributed by atoms with Gasteiger partial charge in [0.05, 0.1) is 19.0 Å². The maximum Gasteiger partial charge on any atom is 0.194 e. The van der Waals surface area contributed by atoms with Gasteiger partial charge >= 0.3 is 0 Å². The lowest BCUT2D eigenvalue weighted by atomic mass is 9.98. The highest BCUT2D eigenvalue weighted by Gasteiger charge is 2.13. The Kier molecular flexibility index (Phi) is 9.09. The third kappa shape index (κ3) is 7.06. The number of aryl methyl sites for hydroxylation is 4. The van der Waals surface area contributed by atoms with Gasteiger partial charge in [-0.15, -0.1) is 0 Å². The number of benzene rings is 3. The number of hydrogen-bond acceptors (Lipinski definition) is 3. The van der Waals surface area contributed by atoms with Crippen LogP contribution in [0.4, 0.5) is 17.6 Å². The van der Waals surface area contributed by atoms with Gasteiger partial charge in [0.25, 0.3) is 0 Å². The first-order valence-electron chi connectivity index (χ1n) is 12.7. The summed E-state index contributed by atoms with van der Waals surface area (Å²) in [4.78, 5) is 8.79. The van der Waals surface area contributed by atoms with Crippen LogP contribution in [0, 0.1) is 23.3 Å². The lowest BCUT2D eigenvalue weighted by molar-refractivity contribution is 0.302. The van der Waals surface area contributed by atoms with Gasteiger partial charge in [-0.2, -0.15) is 0 Å². The van der Waals surface area contributed by atoms with Gasteiger partial charge < -0.3 is 4.74 Å². The zero-order valence-electron chi connectivity index (χ0n) is 20.9. The van der Waals surface area contributed by atoms with E-state index in [2.05, 4.69) is 16.9 Å².